The van der Waals surface area contributed by atoms with Crippen molar-refractivity contribution in [1.82, 2.24) is 10.2 Å². The second-order valence-electron chi connectivity index (χ2n) is 9.93. The SMILES string of the molecule is CCOc1ccc(N(CC(=O)N(Cc2ccccc2Cl)[C@H](CC)C(=O)NCC(C)C)S(=O)(=O)c2ccccc2)cc1. The van der Waals surface area contributed by atoms with Gasteiger partial charge in [-0.05, 0) is 67.3 Å². The van der Waals surface area contributed by atoms with Gasteiger partial charge in [-0.15, -0.1) is 0 Å². The molecule has 41 heavy (non-hydrogen) atoms. The summed E-state index contributed by atoms with van der Waals surface area (Å²) in [6, 6.07) is 20.7. The van der Waals surface area contributed by atoms with Gasteiger partial charge in [-0.3, -0.25) is 13.9 Å². The lowest BCUT2D eigenvalue weighted by Crippen LogP contribution is -2.52. The molecule has 220 valence electrons. The molecule has 1 N–H and O–H groups in total. The number of rotatable bonds is 14. The topological polar surface area (TPSA) is 96.0 Å². The molecule has 2 amide bonds. The highest BCUT2D eigenvalue weighted by molar-refractivity contribution is 7.92. The summed E-state index contributed by atoms with van der Waals surface area (Å²) in [5.74, 6) is -0.0480. The van der Waals surface area contributed by atoms with E-state index in [1.165, 1.54) is 17.0 Å². The zero-order valence-electron chi connectivity index (χ0n) is 23.9. The fraction of sp³-hybridized carbons (Fsp3) is 0.355. The second kappa shape index (κ2) is 14.9. The maximum Gasteiger partial charge on any atom is 0.264 e. The van der Waals surface area contributed by atoms with E-state index in [1.807, 2.05) is 27.7 Å². The summed E-state index contributed by atoms with van der Waals surface area (Å²) in [5.41, 5.74) is 0.941. The van der Waals surface area contributed by atoms with E-state index < -0.39 is 28.5 Å². The Balaban J connectivity index is 2.04. The van der Waals surface area contributed by atoms with Gasteiger partial charge in [0.25, 0.3) is 10.0 Å². The van der Waals surface area contributed by atoms with Gasteiger partial charge in [0.15, 0.2) is 0 Å². The van der Waals surface area contributed by atoms with Crippen molar-refractivity contribution in [3.05, 3.63) is 89.4 Å². The van der Waals surface area contributed by atoms with Crippen LogP contribution in [0.5, 0.6) is 5.75 Å². The van der Waals surface area contributed by atoms with Crippen LogP contribution in [0.1, 0.15) is 39.7 Å². The molecule has 0 aliphatic carbocycles. The van der Waals surface area contributed by atoms with E-state index in [-0.39, 0.29) is 23.3 Å². The first-order valence-corrected chi connectivity index (χ1v) is 15.5. The highest BCUT2D eigenvalue weighted by Crippen LogP contribution is 2.27. The van der Waals surface area contributed by atoms with Gasteiger partial charge >= 0.3 is 0 Å². The summed E-state index contributed by atoms with van der Waals surface area (Å²) in [6.07, 6.45) is 0.328. The zero-order chi connectivity index (χ0) is 30.0. The number of sulfonamides is 1. The maximum atomic E-state index is 14.1. The van der Waals surface area contributed by atoms with E-state index in [0.29, 0.717) is 41.6 Å². The van der Waals surface area contributed by atoms with E-state index in [1.54, 1.807) is 66.7 Å². The summed E-state index contributed by atoms with van der Waals surface area (Å²) < 4.78 is 34.4. The van der Waals surface area contributed by atoms with Gasteiger partial charge in [0.1, 0.15) is 18.3 Å². The van der Waals surface area contributed by atoms with Crippen molar-refractivity contribution in [1.29, 1.82) is 0 Å². The smallest absolute Gasteiger partial charge is 0.264 e. The Morgan fingerprint density at radius 1 is 0.927 bits per heavy atom. The summed E-state index contributed by atoms with van der Waals surface area (Å²) in [4.78, 5) is 28.9. The largest absolute Gasteiger partial charge is 0.494 e. The minimum absolute atomic E-state index is 0.0363. The van der Waals surface area contributed by atoms with E-state index in [9.17, 15) is 18.0 Å². The first kappa shape index (κ1) is 32.0. The van der Waals surface area contributed by atoms with E-state index in [2.05, 4.69) is 5.32 Å². The average molecular weight is 600 g/mol. The first-order valence-electron chi connectivity index (χ1n) is 13.7. The minimum Gasteiger partial charge on any atom is -0.494 e. The third-order valence-corrected chi connectivity index (χ3v) is 8.57. The Hall–Kier alpha value is -3.56. The molecule has 0 aromatic heterocycles. The van der Waals surface area contributed by atoms with E-state index in [0.717, 1.165) is 4.31 Å². The zero-order valence-corrected chi connectivity index (χ0v) is 25.5. The van der Waals surface area contributed by atoms with Crippen LogP contribution < -0.4 is 14.4 Å². The molecule has 0 saturated carbocycles. The van der Waals surface area contributed by atoms with Crippen LogP contribution >= 0.6 is 11.6 Å². The van der Waals surface area contributed by atoms with Crippen LogP contribution in [0.3, 0.4) is 0 Å². The Morgan fingerprint density at radius 2 is 1.56 bits per heavy atom. The molecule has 0 aliphatic rings. The van der Waals surface area contributed by atoms with Gasteiger partial charge in [0, 0.05) is 18.1 Å². The van der Waals surface area contributed by atoms with Crippen LogP contribution in [-0.4, -0.2) is 50.9 Å². The molecule has 0 fully saturated rings. The highest BCUT2D eigenvalue weighted by atomic mass is 35.5. The number of amides is 2. The number of hydrogen-bond acceptors (Lipinski definition) is 5. The third kappa shape index (κ3) is 8.47. The molecule has 0 radical (unpaired) electrons. The quantitative estimate of drug-likeness (QED) is 0.263. The lowest BCUT2D eigenvalue weighted by Gasteiger charge is -2.33. The number of hydrogen-bond donors (Lipinski definition) is 1. The number of benzene rings is 3. The summed E-state index contributed by atoms with van der Waals surface area (Å²) in [7, 11) is -4.14. The monoisotopic (exact) mass is 599 g/mol. The number of ether oxygens (including phenoxy) is 1. The summed E-state index contributed by atoms with van der Waals surface area (Å²) in [5, 5.41) is 3.36. The van der Waals surface area contributed by atoms with Crippen molar-refractivity contribution in [2.24, 2.45) is 5.92 Å². The number of carbonyl (C=O) groups is 2. The number of carbonyl (C=O) groups excluding carboxylic acids is 2. The molecule has 8 nitrogen and oxygen atoms in total. The van der Waals surface area contributed by atoms with Crippen LogP contribution in [0.25, 0.3) is 0 Å². The molecule has 3 aromatic carbocycles. The van der Waals surface area contributed by atoms with Gasteiger partial charge in [-0.2, -0.15) is 0 Å². The number of nitrogens with zero attached hydrogens (tertiary/aromatic N) is 2. The van der Waals surface area contributed by atoms with Gasteiger partial charge in [0.05, 0.1) is 17.2 Å². The number of halogens is 1. The Kier molecular flexibility index (Phi) is 11.6. The average Bonchev–Trinajstić information content (AvgIpc) is 2.96. The van der Waals surface area contributed by atoms with Gasteiger partial charge in [-0.1, -0.05) is 68.8 Å². The normalized spacial score (nSPS) is 12.0. The van der Waals surface area contributed by atoms with E-state index >= 15 is 0 Å². The second-order valence-corrected chi connectivity index (χ2v) is 12.2. The first-order chi connectivity index (χ1) is 19.6. The van der Waals surface area contributed by atoms with Crippen molar-refractivity contribution >= 4 is 39.1 Å². The molecule has 0 heterocycles. The van der Waals surface area contributed by atoms with E-state index in [4.69, 9.17) is 16.3 Å². The molecule has 0 aliphatic heterocycles. The molecule has 0 spiro atoms. The molecule has 0 unspecified atom stereocenters. The van der Waals surface area contributed by atoms with Crippen molar-refractivity contribution in [3.63, 3.8) is 0 Å². The van der Waals surface area contributed by atoms with Crippen LogP contribution in [0.4, 0.5) is 5.69 Å². The number of nitrogens with one attached hydrogen (secondary N) is 1. The van der Waals surface area contributed by atoms with Crippen molar-refractivity contribution in [2.75, 3.05) is 24.0 Å². The predicted molar refractivity (Wildman–Crippen MR) is 163 cm³/mol. The highest BCUT2D eigenvalue weighted by Gasteiger charge is 2.34. The Bertz CT molecular complexity index is 1400. The predicted octanol–water partition coefficient (Wildman–Crippen LogP) is 5.51. The standard InChI is InChI=1S/C31H38ClN3O5S/c1-5-29(31(37)33-20-23(3)4)34(21-24-12-10-11-15-28(24)32)30(36)22-35(25-16-18-26(19-17-25)40-6-2)41(38,39)27-13-8-7-9-14-27/h7-19,23,29H,5-6,20-22H2,1-4H3,(H,33,37)/t29-/m1/s1. The van der Waals surface area contributed by atoms with Crippen molar-refractivity contribution in [2.45, 2.75) is 51.6 Å². The fourth-order valence-corrected chi connectivity index (χ4v) is 5.91. The van der Waals surface area contributed by atoms with Crippen LogP contribution in [0, 0.1) is 5.92 Å². The molecule has 3 aromatic rings. The maximum absolute atomic E-state index is 14.1. The molecule has 10 heteroatoms. The minimum atomic E-state index is -4.14. The molecule has 1 atom stereocenters. The Labute approximate surface area is 248 Å². The van der Waals surface area contributed by atoms with Crippen molar-refractivity contribution < 1.29 is 22.7 Å². The lowest BCUT2D eigenvalue weighted by atomic mass is 10.1. The molecule has 0 saturated heterocycles. The van der Waals surface area contributed by atoms with Gasteiger partial charge in [0.2, 0.25) is 11.8 Å². The summed E-state index contributed by atoms with van der Waals surface area (Å²) >= 11 is 6.44. The molecular formula is C31H38ClN3O5S. The van der Waals surface area contributed by atoms with Crippen LogP contribution in [0.15, 0.2) is 83.8 Å². The lowest BCUT2D eigenvalue weighted by molar-refractivity contribution is -0.140. The summed E-state index contributed by atoms with van der Waals surface area (Å²) in [6.45, 7) is 8.06. The van der Waals surface area contributed by atoms with Crippen LogP contribution in [0.2, 0.25) is 5.02 Å². The number of anilines is 1. The van der Waals surface area contributed by atoms with Crippen molar-refractivity contribution in [3.8, 4) is 5.75 Å². The Morgan fingerprint density at radius 3 is 2.15 bits per heavy atom. The van der Waals surface area contributed by atoms with Gasteiger partial charge in [-0.25, -0.2) is 8.42 Å². The molecule has 3 rings (SSSR count). The third-order valence-electron chi connectivity index (χ3n) is 6.41. The van der Waals surface area contributed by atoms with Crippen LogP contribution in [-0.2, 0) is 26.2 Å². The van der Waals surface area contributed by atoms with Gasteiger partial charge < -0.3 is 15.0 Å². The molecule has 0 bridgehead atoms. The molecular weight excluding hydrogens is 562 g/mol. The fourth-order valence-electron chi connectivity index (χ4n) is 4.28.